The van der Waals surface area contributed by atoms with E-state index >= 15 is 0 Å². The molecule has 0 aliphatic rings. The molecular formula is C14H8Cl2F2O4S. The first-order valence-corrected chi connectivity index (χ1v) is 8.35. The molecule has 2 aromatic carbocycles. The lowest BCUT2D eigenvalue weighted by molar-refractivity contribution is 0.112. The molecule has 0 saturated heterocycles. The summed E-state index contributed by atoms with van der Waals surface area (Å²) in [5, 5.41) is -0.222. The van der Waals surface area contributed by atoms with Gasteiger partial charge in [-0.2, -0.15) is 8.42 Å². The molecule has 0 spiro atoms. The van der Waals surface area contributed by atoms with Crippen molar-refractivity contribution in [3.05, 3.63) is 63.1 Å². The Balaban J connectivity index is 2.33. The second-order valence-electron chi connectivity index (χ2n) is 4.44. The highest BCUT2D eigenvalue weighted by Gasteiger charge is 2.20. The number of benzene rings is 2. The van der Waals surface area contributed by atoms with Crippen molar-refractivity contribution >= 4 is 39.6 Å². The first kappa shape index (κ1) is 17.7. The van der Waals surface area contributed by atoms with E-state index in [4.69, 9.17) is 27.4 Å². The number of halogens is 4. The fourth-order valence-corrected chi connectivity index (χ4v) is 3.16. The molecule has 0 heterocycles. The van der Waals surface area contributed by atoms with Crippen LogP contribution in [0.25, 0.3) is 0 Å². The van der Waals surface area contributed by atoms with Crippen LogP contribution >= 0.6 is 23.2 Å². The van der Waals surface area contributed by atoms with E-state index in [1.54, 1.807) is 0 Å². The van der Waals surface area contributed by atoms with Gasteiger partial charge >= 0.3 is 10.1 Å². The zero-order chi connectivity index (χ0) is 17.2. The molecule has 0 bridgehead atoms. The van der Waals surface area contributed by atoms with Crippen LogP contribution in [-0.4, -0.2) is 14.7 Å². The van der Waals surface area contributed by atoms with Gasteiger partial charge in [0.2, 0.25) is 0 Å². The lowest BCUT2D eigenvalue weighted by Crippen LogP contribution is -2.14. The van der Waals surface area contributed by atoms with Crippen LogP contribution in [-0.2, 0) is 15.9 Å². The smallest absolute Gasteiger partial charge is 0.313 e. The Labute approximate surface area is 140 Å². The van der Waals surface area contributed by atoms with Crippen LogP contribution in [0.4, 0.5) is 8.78 Å². The molecule has 0 fully saturated rings. The molecule has 0 N–H and O–H groups in total. The van der Waals surface area contributed by atoms with Gasteiger partial charge in [-0.1, -0.05) is 23.2 Å². The van der Waals surface area contributed by atoms with Gasteiger partial charge in [0.1, 0.15) is 17.4 Å². The predicted molar refractivity (Wildman–Crippen MR) is 81.5 cm³/mol. The van der Waals surface area contributed by atoms with E-state index in [2.05, 4.69) is 0 Å². The minimum absolute atomic E-state index is 0.141. The van der Waals surface area contributed by atoms with Gasteiger partial charge in [-0.3, -0.25) is 4.79 Å². The molecule has 0 radical (unpaired) electrons. The van der Waals surface area contributed by atoms with Crippen LogP contribution in [0.5, 0.6) is 5.75 Å². The molecule has 0 amide bonds. The van der Waals surface area contributed by atoms with E-state index in [1.807, 2.05) is 0 Å². The summed E-state index contributed by atoms with van der Waals surface area (Å²) in [6.45, 7) is 0. The summed E-state index contributed by atoms with van der Waals surface area (Å²) in [6, 6.07) is 4.98. The number of carbonyl (C=O) groups is 1. The Hall–Kier alpha value is -1.70. The topological polar surface area (TPSA) is 60.4 Å². The van der Waals surface area contributed by atoms with Crippen molar-refractivity contribution in [2.45, 2.75) is 5.75 Å². The van der Waals surface area contributed by atoms with E-state index in [0.29, 0.717) is 6.07 Å². The van der Waals surface area contributed by atoms with E-state index < -0.39 is 33.3 Å². The highest BCUT2D eigenvalue weighted by atomic mass is 35.5. The van der Waals surface area contributed by atoms with Crippen LogP contribution in [0.1, 0.15) is 15.9 Å². The summed E-state index contributed by atoms with van der Waals surface area (Å²) in [5.74, 6) is -3.14. The van der Waals surface area contributed by atoms with Gasteiger partial charge in [0, 0.05) is 16.7 Å². The third-order valence-corrected chi connectivity index (χ3v) is 4.36. The number of hydrogen-bond donors (Lipinski definition) is 0. The molecule has 0 saturated carbocycles. The SMILES string of the molecule is O=Cc1cc(Cl)c(F)cc1OS(=O)(=O)Cc1cc(Cl)ccc1F. The quantitative estimate of drug-likeness (QED) is 0.581. The Bertz CT molecular complexity index is 869. The average Bonchev–Trinajstić information content (AvgIpc) is 2.46. The first-order chi connectivity index (χ1) is 10.7. The maximum atomic E-state index is 13.6. The molecule has 0 atom stereocenters. The van der Waals surface area contributed by atoms with Gasteiger partial charge in [0.25, 0.3) is 0 Å². The fraction of sp³-hybridized carbons (Fsp3) is 0.0714. The van der Waals surface area contributed by atoms with Gasteiger partial charge in [0.05, 0.1) is 10.6 Å². The maximum absolute atomic E-state index is 13.6. The van der Waals surface area contributed by atoms with E-state index in [9.17, 15) is 22.0 Å². The standard InChI is InChI=1S/C14H8Cl2F2O4S/c15-10-1-2-12(17)9(3-10)7-23(20,21)22-14-5-13(18)11(16)4-8(14)6-19/h1-6H,7H2. The van der Waals surface area contributed by atoms with E-state index in [0.717, 1.165) is 18.2 Å². The van der Waals surface area contributed by atoms with Crippen molar-refractivity contribution in [1.29, 1.82) is 0 Å². The van der Waals surface area contributed by atoms with Crippen molar-refractivity contribution < 1.29 is 26.2 Å². The normalized spacial score (nSPS) is 11.3. The van der Waals surface area contributed by atoms with E-state index in [-0.39, 0.29) is 27.5 Å². The van der Waals surface area contributed by atoms with Crippen LogP contribution in [0.15, 0.2) is 30.3 Å². The Kier molecular flexibility index (Phi) is 5.23. The van der Waals surface area contributed by atoms with Crippen LogP contribution < -0.4 is 4.18 Å². The molecule has 23 heavy (non-hydrogen) atoms. The van der Waals surface area contributed by atoms with Gasteiger partial charge < -0.3 is 4.18 Å². The predicted octanol–water partition coefficient (Wildman–Crippen LogP) is 3.99. The molecular weight excluding hydrogens is 373 g/mol. The molecule has 0 aromatic heterocycles. The Morgan fingerprint density at radius 3 is 2.43 bits per heavy atom. The zero-order valence-corrected chi connectivity index (χ0v) is 13.6. The van der Waals surface area contributed by atoms with Crippen molar-refractivity contribution in [3.8, 4) is 5.75 Å². The number of carbonyl (C=O) groups excluding carboxylic acids is 1. The van der Waals surface area contributed by atoms with Gasteiger partial charge in [-0.05, 0) is 24.3 Å². The molecule has 0 unspecified atom stereocenters. The van der Waals surface area contributed by atoms with Crippen molar-refractivity contribution in [2.75, 3.05) is 0 Å². The molecule has 2 rings (SSSR count). The van der Waals surface area contributed by atoms with Gasteiger partial charge in [-0.15, -0.1) is 0 Å². The van der Waals surface area contributed by atoms with Crippen LogP contribution in [0, 0.1) is 11.6 Å². The van der Waals surface area contributed by atoms with Gasteiger partial charge in [-0.25, -0.2) is 8.78 Å². The molecule has 122 valence electrons. The zero-order valence-electron chi connectivity index (χ0n) is 11.2. The van der Waals surface area contributed by atoms with Crippen LogP contribution in [0.2, 0.25) is 10.0 Å². The second-order valence-corrected chi connectivity index (χ2v) is 6.86. The van der Waals surface area contributed by atoms with Crippen molar-refractivity contribution in [2.24, 2.45) is 0 Å². The van der Waals surface area contributed by atoms with Crippen LogP contribution in [0.3, 0.4) is 0 Å². The third-order valence-electron chi connectivity index (χ3n) is 2.74. The molecule has 0 aliphatic carbocycles. The summed E-state index contributed by atoms with van der Waals surface area (Å²) in [6.07, 6.45) is 0.260. The monoisotopic (exact) mass is 380 g/mol. The molecule has 4 nitrogen and oxygen atoms in total. The lowest BCUT2D eigenvalue weighted by Gasteiger charge is -2.10. The molecule has 2 aromatic rings. The highest BCUT2D eigenvalue weighted by Crippen LogP contribution is 2.27. The summed E-state index contributed by atoms with van der Waals surface area (Å²) < 4.78 is 55.7. The summed E-state index contributed by atoms with van der Waals surface area (Å²) in [4.78, 5) is 10.9. The largest absolute Gasteiger partial charge is 0.381 e. The molecule has 0 aliphatic heterocycles. The number of aldehydes is 1. The summed E-state index contributed by atoms with van der Waals surface area (Å²) in [5.41, 5.74) is -0.480. The number of hydrogen-bond acceptors (Lipinski definition) is 4. The lowest BCUT2D eigenvalue weighted by atomic mass is 10.2. The summed E-state index contributed by atoms with van der Waals surface area (Å²) >= 11 is 11.2. The van der Waals surface area contributed by atoms with Crippen molar-refractivity contribution in [3.63, 3.8) is 0 Å². The Morgan fingerprint density at radius 2 is 1.78 bits per heavy atom. The Morgan fingerprint density at radius 1 is 1.09 bits per heavy atom. The highest BCUT2D eigenvalue weighted by molar-refractivity contribution is 7.86. The molecule has 9 heteroatoms. The van der Waals surface area contributed by atoms with E-state index in [1.165, 1.54) is 6.07 Å². The average molecular weight is 381 g/mol. The maximum Gasteiger partial charge on any atom is 0.313 e. The van der Waals surface area contributed by atoms with Crippen molar-refractivity contribution in [1.82, 2.24) is 0 Å². The first-order valence-electron chi connectivity index (χ1n) is 6.02. The second kappa shape index (κ2) is 6.82. The van der Waals surface area contributed by atoms with Gasteiger partial charge in [0.15, 0.2) is 12.0 Å². The minimum Gasteiger partial charge on any atom is -0.381 e. The number of rotatable bonds is 5. The fourth-order valence-electron chi connectivity index (χ4n) is 1.72. The third kappa shape index (κ3) is 4.40. The summed E-state index contributed by atoms with van der Waals surface area (Å²) in [7, 11) is -4.36. The minimum atomic E-state index is -4.36.